The van der Waals surface area contributed by atoms with Gasteiger partial charge in [0.05, 0.1) is 0 Å². The first-order chi connectivity index (χ1) is 6.68. The van der Waals surface area contributed by atoms with Crippen molar-refractivity contribution >= 4 is 5.78 Å². The molecule has 0 radical (unpaired) electrons. The Bertz CT molecular complexity index is 226. The van der Waals surface area contributed by atoms with E-state index in [0.717, 1.165) is 18.4 Å². The van der Waals surface area contributed by atoms with Gasteiger partial charge in [-0.3, -0.25) is 9.69 Å². The first-order valence-corrected chi connectivity index (χ1v) is 5.90. The van der Waals surface area contributed by atoms with Crippen molar-refractivity contribution in [2.24, 2.45) is 5.92 Å². The molecule has 0 aromatic carbocycles. The molecule has 2 nitrogen and oxygen atoms in total. The van der Waals surface area contributed by atoms with Crippen LogP contribution in [0.5, 0.6) is 0 Å². The minimum absolute atomic E-state index is 0.348. The van der Waals surface area contributed by atoms with E-state index >= 15 is 0 Å². The standard InChI is InChI=1S/C12H21NO/c1-9(14)7-11-8-10-5-3-4-6-12(10)13(11)2/h10-12H,3-8H2,1-2H3. The van der Waals surface area contributed by atoms with Gasteiger partial charge in [-0.1, -0.05) is 12.8 Å². The maximum Gasteiger partial charge on any atom is 0.131 e. The minimum Gasteiger partial charge on any atom is -0.300 e. The quantitative estimate of drug-likeness (QED) is 0.673. The van der Waals surface area contributed by atoms with E-state index < -0.39 is 0 Å². The fourth-order valence-corrected chi connectivity index (χ4v) is 3.34. The van der Waals surface area contributed by atoms with Gasteiger partial charge in [0, 0.05) is 18.5 Å². The van der Waals surface area contributed by atoms with Gasteiger partial charge in [-0.2, -0.15) is 0 Å². The van der Waals surface area contributed by atoms with Crippen molar-refractivity contribution in [1.29, 1.82) is 0 Å². The van der Waals surface area contributed by atoms with E-state index in [-0.39, 0.29) is 0 Å². The first kappa shape index (κ1) is 10.2. The molecule has 0 aromatic heterocycles. The van der Waals surface area contributed by atoms with Crippen LogP contribution in [0.25, 0.3) is 0 Å². The van der Waals surface area contributed by atoms with Crippen molar-refractivity contribution < 1.29 is 4.79 Å². The average molecular weight is 195 g/mol. The number of carbonyl (C=O) groups excluding carboxylic acids is 1. The summed E-state index contributed by atoms with van der Waals surface area (Å²) in [5.74, 6) is 1.23. The molecule has 14 heavy (non-hydrogen) atoms. The molecule has 1 aliphatic carbocycles. The maximum absolute atomic E-state index is 11.1. The summed E-state index contributed by atoms with van der Waals surface area (Å²) in [7, 11) is 2.21. The summed E-state index contributed by atoms with van der Waals surface area (Å²) in [4.78, 5) is 13.6. The molecule has 1 heterocycles. The molecule has 0 spiro atoms. The van der Waals surface area contributed by atoms with Crippen LogP contribution in [0.15, 0.2) is 0 Å². The van der Waals surface area contributed by atoms with Crippen LogP contribution in [0.3, 0.4) is 0 Å². The largest absolute Gasteiger partial charge is 0.300 e. The SMILES string of the molecule is CC(=O)CC1CC2CCCCC2N1C. The molecule has 1 saturated heterocycles. The predicted molar refractivity (Wildman–Crippen MR) is 57.2 cm³/mol. The van der Waals surface area contributed by atoms with Gasteiger partial charge >= 0.3 is 0 Å². The Morgan fingerprint density at radius 1 is 1.36 bits per heavy atom. The molecule has 2 aliphatic rings. The minimum atomic E-state index is 0.348. The van der Waals surface area contributed by atoms with Crippen molar-refractivity contribution in [1.82, 2.24) is 4.90 Å². The second-order valence-corrected chi connectivity index (χ2v) is 5.07. The number of ketones is 1. The van der Waals surface area contributed by atoms with Crippen LogP contribution in [0, 0.1) is 5.92 Å². The van der Waals surface area contributed by atoms with Gasteiger partial charge in [0.1, 0.15) is 5.78 Å². The zero-order valence-electron chi connectivity index (χ0n) is 9.33. The zero-order chi connectivity index (χ0) is 10.1. The molecule has 0 N–H and O–H groups in total. The van der Waals surface area contributed by atoms with Crippen LogP contribution >= 0.6 is 0 Å². The van der Waals surface area contributed by atoms with Crippen LogP contribution in [0.1, 0.15) is 45.4 Å². The summed E-state index contributed by atoms with van der Waals surface area (Å²) in [6.45, 7) is 1.72. The Kier molecular flexibility index (Phi) is 2.91. The molecule has 2 rings (SSSR count). The molecule has 2 heteroatoms. The lowest BCUT2D eigenvalue weighted by Crippen LogP contribution is -2.36. The van der Waals surface area contributed by atoms with Crippen LogP contribution in [-0.4, -0.2) is 29.8 Å². The van der Waals surface area contributed by atoms with Crippen LogP contribution in [-0.2, 0) is 4.79 Å². The monoisotopic (exact) mass is 195 g/mol. The molecular weight excluding hydrogens is 174 g/mol. The lowest BCUT2D eigenvalue weighted by molar-refractivity contribution is -0.118. The molecule has 0 bridgehead atoms. The molecule has 0 amide bonds. The highest BCUT2D eigenvalue weighted by molar-refractivity contribution is 5.76. The van der Waals surface area contributed by atoms with Gasteiger partial charge in [-0.05, 0) is 39.2 Å². The third kappa shape index (κ3) is 1.85. The molecule has 1 aliphatic heterocycles. The number of carbonyl (C=O) groups is 1. The number of likely N-dealkylation sites (tertiary alicyclic amines) is 1. The Hall–Kier alpha value is -0.370. The van der Waals surface area contributed by atoms with Crippen molar-refractivity contribution in [3.63, 3.8) is 0 Å². The molecule has 3 atom stereocenters. The number of hydrogen-bond acceptors (Lipinski definition) is 2. The Balaban J connectivity index is 1.99. The van der Waals surface area contributed by atoms with Crippen LogP contribution in [0.2, 0.25) is 0 Å². The summed E-state index contributed by atoms with van der Waals surface area (Å²) < 4.78 is 0. The fraction of sp³-hybridized carbons (Fsp3) is 0.917. The summed E-state index contributed by atoms with van der Waals surface area (Å²) >= 11 is 0. The third-order valence-corrected chi connectivity index (χ3v) is 4.07. The van der Waals surface area contributed by atoms with Gasteiger partial charge in [-0.15, -0.1) is 0 Å². The fourth-order valence-electron chi connectivity index (χ4n) is 3.34. The van der Waals surface area contributed by atoms with E-state index in [1.807, 2.05) is 0 Å². The van der Waals surface area contributed by atoms with Gasteiger partial charge in [0.2, 0.25) is 0 Å². The second-order valence-electron chi connectivity index (χ2n) is 5.07. The number of fused-ring (bicyclic) bond motifs is 1. The molecule has 0 aromatic rings. The zero-order valence-corrected chi connectivity index (χ0v) is 9.33. The second kappa shape index (κ2) is 4.01. The maximum atomic E-state index is 11.1. The number of Topliss-reactive ketones (excluding diaryl/α,β-unsaturated/α-hetero) is 1. The summed E-state index contributed by atoms with van der Waals surface area (Å²) in [6, 6.07) is 1.33. The van der Waals surface area contributed by atoms with Crippen molar-refractivity contribution in [2.45, 2.75) is 57.5 Å². The van der Waals surface area contributed by atoms with Gasteiger partial charge in [0.15, 0.2) is 0 Å². The third-order valence-electron chi connectivity index (χ3n) is 4.07. The average Bonchev–Trinajstić information content (AvgIpc) is 2.44. The van der Waals surface area contributed by atoms with E-state index in [0.29, 0.717) is 11.8 Å². The molecule has 80 valence electrons. The Labute approximate surface area is 86.7 Å². The normalized spacial score (nSPS) is 38.3. The van der Waals surface area contributed by atoms with Crippen molar-refractivity contribution in [3.05, 3.63) is 0 Å². The molecule has 1 saturated carbocycles. The van der Waals surface area contributed by atoms with Gasteiger partial charge in [-0.25, -0.2) is 0 Å². The topological polar surface area (TPSA) is 20.3 Å². The van der Waals surface area contributed by atoms with E-state index in [1.165, 1.54) is 32.1 Å². The Morgan fingerprint density at radius 3 is 2.71 bits per heavy atom. The van der Waals surface area contributed by atoms with E-state index in [2.05, 4.69) is 11.9 Å². The highest BCUT2D eigenvalue weighted by Gasteiger charge is 2.39. The summed E-state index contributed by atoms with van der Waals surface area (Å²) in [6.07, 6.45) is 7.57. The molecule has 3 unspecified atom stereocenters. The Morgan fingerprint density at radius 2 is 2.07 bits per heavy atom. The van der Waals surface area contributed by atoms with Crippen LogP contribution in [0.4, 0.5) is 0 Å². The number of rotatable bonds is 2. The van der Waals surface area contributed by atoms with E-state index in [9.17, 15) is 4.79 Å². The highest BCUT2D eigenvalue weighted by atomic mass is 16.1. The van der Waals surface area contributed by atoms with Gasteiger partial charge < -0.3 is 0 Å². The summed E-state index contributed by atoms with van der Waals surface area (Å²) in [5.41, 5.74) is 0. The first-order valence-electron chi connectivity index (χ1n) is 5.90. The van der Waals surface area contributed by atoms with Crippen molar-refractivity contribution in [3.8, 4) is 0 Å². The van der Waals surface area contributed by atoms with Crippen LogP contribution < -0.4 is 0 Å². The highest BCUT2D eigenvalue weighted by Crippen LogP contribution is 2.39. The van der Waals surface area contributed by atoms with Gasteiger partial charge in [0.25, 0.3) is 0 Å². The van der Waals surface area contributed by atoms with E-state index in [1.54, 1.807) is 6.92 Å². The van der Waals surface area contributed by atoms with E-state index in [4.69, 9.17) is 0 Å². The molecular formula is C12H21NO. The lowest BCUT2D eigenvalue weighted by Gasteiger charge is -2.30. The summed E-state index contributed by atoms with van der Waals surface area (Å²) in [5, 5.41) is 0. The number of hydrogen-bond donors (Lipinski definition) is 0. The lowest BCUT2D eigenvalue weighted by atomic mass is 9.84. The predicted octanol–water partition coefficient (Wildman–Crippen LogP) is 2.23. The molecule has 2 fully saturated rings. The van der Waals surface area contributed by atoms with Crippen molar-refractivity contribution in [2.75, 3.05) is 7.05 Å². The smallest absolute Gasteiger partial charge is 0.131 e. The number of nitrogens with zero attached hydrogens (tertiary/aromatic N) is 1.